The Morgan fingerprint density at radius 3 is 2.67 bits per heavy atom. The molecule has 1 fully saturated rings. The maximum absolute atomic E-state index is 10.6. The first kappa shape index (κ1) is 11.9. The molecule has 1 amide bonds. The van der Waals surface area contributed by atoms with Gasteiger partial charge in [-0.05, 0) is 0 Å². The van der Waals surface area contributed by atoms with Crippen molar-refractivity contribution >= 4 is 12.4 Å². The number of carboxylic acids is 1. The Labute approximate surface area is 88.8 Å². The molecule has 0 aromatic carbocycles. The molecule has 0 aromatic rings. The van der Waals surface area contributed by atoms with Crippen LogP contribution in [0, 0.1) is 0 Å². The van der Waals surface area contributed by atoms with E-state index in [4.69, 9.17) is 5.11 Å². The van der Waals surface area contributed by atoms with Gasteiger partial charge < -0.3 is 15.3 Å². The van der Waals surface area contributed by atoms with Crippen LogP contribution >= 0.6 is 0 Å². The lowest BCUT2D eigenvalue weighted by molar-refractivity contribution is -0.138. The highest BCUT2D eigenvalue weighted by Crippen LogP contribution is 1.92. The minimum atomic E-state index is -0.827. The van der Waals surface area contributed by atoms with E-state index in [2.05, 4.69) is 5.32 Å². The maximum atomic E-state index is 10.6. The molecule has 1 heterocycles. The molecule has 0 radical (unpaired) electrons. The molecule has 0 aromatic heterocycles. The summed E-state index contributed by atoms with van der Waals surface area (Å²) in [6, 6.07) is 0. The Balaban J connectivity index is 2.43. The minimum absolute atomic E-state index is 0.0361. The third-order valence-corrected chi connectivity index (χ3v) is 2.39. The van der Waals surface area contributed by atoms with E-state index in [0.717, 1.165) is 19.5 Å². The molecule has 0 unspecified atom stereocenters. The molecule has 0 saturated carbocycles. The second kappa shape index (κ2) is 6.36. The highest BCUT2D eigenvalue weighted by atomic mass is 16.4. The van der Waals surface area contributed by atoms with Crippen molar-refractivity contribution in [2.45, 2.75) is 0 Å². The molecule has 15 heavy (non-hydrogen) atoms. The van der Waals surface area contributed by atoms with Gasteiger partial charge in [-0.15, -0.1) is 0 Å². The SMILES string of the molecule is O=CN1CCNCCN(CC(=O)O)CC1. The smallest absolute Gasteiger partial charge is 0.317 e. The van der Waals surface area contributed by atoms with Crippen molar-refractivity contribution < 1.29 is 14.7 Å². The first-order valence-electron chi connectivity index (χ1n) is 5.06. The van der Waals surface area contributed by atoms with Crippen LogP contribution in [0.15, 0.2) is 0 Å². The number of carbonyl (C=O) groups is 2. The molecule has 6 nitrogen and oxygen atoms in total. The van der Waals surface area contributed by atoms with E-state index in [1.165, 1.54) is 0 Å². The van der Waals surface area contributed by atoms with Crippen molar-refractivity contribution in [3.05, 3.63) is 0 Å². The Kier molecular flexibility index (Phi) is 5.06. The Morgan fingerprint density at radius 1 is 1.27 bits per heavy atom. The highest BCUT2D eigenvalue weighted by molar-refractivity contribution is 5.69. The lowest BCUT2D eigenvalue weighted by Crippen LogP contribution is -2.38. The average Bonchev–Trinajstić information content (AvgIpc) is 2.29. The summed E-state index contributed by atoms with van der Waals surface area (Å²) < 4.78 is 0. The van der Waals surface area contributed by atoms with Crippen LogP contribution in [0.5, 0.6) is 0 Å². The molecular formula is C9H17N3O3. The lowest BCUT2D eigenvalue weighted by atomic mass is 10.4. The van der Waals surface area contributed by atoms with E-state index in [-0.39, 0.29) is 6.54 Å². The molecule has 0 bridgehead atoms. The number of rotatable bonds is 3. The standard InChI is InChI=1S/C9H17N3O3/c13-8-12-4-2-10-1-3-11(5-6-12)7-9(14)15/h8,10H,1-7H2,(H,14,15). The molecule has 0 atom stereocenters. The first-order chi connectivity index (χ1) is 7.22. The van der Waals surface area contributed by atoms with Gasteiger partial charge in [-0.1, -0.05) is 0 Å². The van der Waals surface area contributed by atoms with E-state index < -0.39 is 5.97 Å². The van der Waals surface area contributed by atoms with Gasteiger partial charge in [-0.25, -0.2) is 0 Å². The number of nitrogens with zero attached hydrogens (tertiary/aromatic N) is 2. The van der Waals surface area contributed by atoms with Gasteiger partial charge in [0.15, 0.2) is 0 Å². The zero-order chi connectivity index (χ0) is 11.1. The zero-order valence-corrected chi connectivity index (χ0v) is 8.69. The Bertz CT molecular complexity index is 223. The van der Waals surface area contributed by atoms with Crippen LogP contribution in [0.2, 0.25) is 0 Å². The largest absolute Gasteiger partial charge is 0.480 e. The summed E-state index contributed by atoms with van der Waals surface area (Å²) in [7, 11) is 0. The molecule has 2 N–H and O–H groups in total. The predicted octanol–water partition coefficient (Wildman–Crippen LogP) is -1.57. The van der Waals surface area contributed by atoms with Crippen LogP contribution in [0.3, 0.4) is 0 Å². The second-order valence-electron chi connectivity index (χ2n) is 3.56. The summed E-state index contributed by atoms with van der Waals surface area (Å²) >= 11 is 0. The summed E-state index contributed by atoms with van der Waals surface area (Å²) in [5.41, 5.74) is 0. The normalized spacial score (nSPS) is 20.1. The fourth-order valence-corrected chi connectivity index (χ4v) is 1.53. The van der Waals surface area contributed by atoms with Crippen LogP contribution in [-0.2, 0) is 9.59 Å². The van der Waals surface area contributed by atoms with Gasteiger partial charge in [0, 0.05) is 39.3 Å². The topological polar surface area (TPSA) is 72.9 Å². The minimum Gasteiger partial charge on any atom is -0.480 e. The molecule has 0 aliphatic carbocycles. The van der Waals surface area contributed by atoms with Crippen molar-refractivity contribution in [1.82, 2.24) is 15.1 Å². The van der Waals surface area contributed by atoms with Gasteiger partial charge in [0.25, 0.3) is 0 Å². The molecule has 1 saturated heterocycles. The number of hydrogen-bond acceptors (Lipinski definition) is 4. The fourth-order valence-electron chi connectivity index (χ4n) is 1.53. The number of hydrogen-bond donors (Lipinski definition) is 2. The summed E-state index contributed by atoms with van der Waals surface area (Å²) in [5.74, 6) is -0.827. The van der Waals surface area contributed by atoms with Crippen LogP contribution < -0.4 is 5.32 Å². The second-order valence-corrected chi connectivity index (χ2v) is 3.56. The van der Waals surface area contributed by atoms with Crippen LogP contribution in [0.4, 0.5) is 0 Å². The van der Waals surface area contributed by atoms with Gasteiger partial charge in [0.2, 0.25) is 6.41 Å². The lowest BCUT2D eigenvalue weighted by Gasteiger charge is -2.21. The molecule has 0 spiro atoms. The van der Waals surface area contributed by atoms with Gasteiger partial charge in [-0.2, -0.15) is 0 Å². The van der Waals surface area contributed by atoms with Gasteiger partial charge >= 0.3 is 5.97 Å². The van der Waals surface area contributed by atoms with Crippen molar-refractivity contribution in [3.8, 4) is 0 Å². The van der Waals surface area contributed by atoms with E-state index >= 15 is 0 Å². The number of carboxylic acid groups (broad SMARTS) is 1. The van der Waals surface area contributed by atoms with Crippen molar-refractivity contribution in [3.63, 3.8) is 0 Å². The maximum Gasteiger partial charge on any atom is 0.317 e. The molecular weight excluding hydrogens is 198 g/mol. The quantitative estimate of drug-likeness (QED) is 0.557. The van der Waals surface area contributed by atoms with Crippen LogP contribution in [0.25, 0.3) is 0 Å². The van der Waals surface area contributed by atoms with Gasteiger partial charge in [0.1, 0.15) is 0 Å². The Morgan fingerprint density at radius 2 is 2.00 bits per heavy atom. The van der Waals surface area contributed by atoms with Crippen molar-refractivity contribution in [2.24, 2.45) is 0 Å². The highest BCUT2D eigenvalue weighted by Gasteiger charge is 2.12. The number of aliphatic carboxylic acids is 1. The predicted molar refractivity (Wildman–Crippen MR) is 54.6 cm³/mol. The number of nitrogens with one attached hydrogen (secondary N) is 1. The summed E-state index contributed by atoms with van der Waals surface area (Å²) in [6.07, 6.45) is 0.811. The molecule has 1 rings (SSSR count). The van der Waals surface area contributed by atoms with Crippen molar-refractivity contribution in [1.29, 1.82) is 0 Å². The monoisotopic (exact) mass is 215 g/mol. The molecule has 6 heteroatoms. The number of carbonyl (C=O) groups excluding carboxylic acids is 1. The Hall–Kier alpha value is -1.14. The summed E-state index contributed by atoms with van der Waals surface area (Å²) in [5, 5.41) is 11.8. The van der Waals surface area contributed by atoms with Gasteiger partial charge in [0.05, 0.1) is 6.54 Å². The van der Waals surface area contributed by atoms with Crippen LogP contribution in [-0.4, -0.2) is 73.1 Å². The summed E-state index contributed by atoms with van der Waals surface area (Å²) in [4.78, 5) is 24.7. The third-order valence-electron chi connectivity index (χ3n) is 2.39. The average molecular weight is 215 g/mol. The van der Waals surface area contributed by atoms with Crippen molar-refractivity contribution in [2.75, 3.05) is 45.8 Å². The van der Waals surface area contributed by atoms with E-state index in [9.17, 15) is 9.59 Å². The molecule has 1 aliphatic rings. The molecule has 1 aliphatic heterocycles. The van der Waals surface area contributed by atoms with E-state index in [1.807, 2.05) is 4.90 Å². The van der Waals surface area contributed by atoms with Gasteiger partial charge in [-0.3, -0.25) is 14.5 Å². The van der Waals surface area contributed by atoms with E-state index in [1.54, 1.807) is 4.90 Å². The summed E-state index contributed by atoms with van der Waals surface area (Å²) in [6.45, 7) is 4.17. The van der Waals surface area contributed by atoms with E-state index in [0.29, 0.717) is 26.2 Å². The third kappa shape index (κ3) is 4.75. The zero-order valence-electron chi connectivity index (χ0n) is 8.69. The number of amides is 1. The van der Waals surface area contributed by atoms with Crippen LogP contribution in [0.1, 0.15) is 0 Å². The first-order valence-corrected chi connectivity index (χ1v) is 5.06. The fraction of sp³-hybridized carbons (Fsp3) is 0.778. The molecule has 86 valence electrons.